The lowest BCUT2D eigenvalue weighted by Gasteiger charge is -2.15. The minimum atomic E-state index is -0.650. The summed E-state index contributed by atoms with van der Waals surface area (Å²) in [6, 6.07) is 26.0. The third-order valence-electron chi connectivity index (χ3n) is 5.70. The van der Waals surface area contributed by atoms with Crippen LogP contribution in [0, 0.1) is 5.82 Å². The summed E-state index contributed by atoms with van der Waals surface area (Å²) in [6.07, 6.45) is 1.28. The van der Waals surface area contributed by atoms with Crippen molar-refractivity contribution in [2.24, 2.45) is 0 Å². The normalized spacial score (nSPS) is 11.9. The second-order valence-electron chi connectivity index (χ2n) is 8.76. The third-order valence-corrected chi connectivity index (χ3v) is 7.34. The lowest BCUT2D eigenvalue weighted by atomic mass is 10.1. The van der Waals surface area contributed by atoms with Crippen molar-refractivity contribution >= 4 is 70.1 Å². The average molecular weight is 609 g/mol. The van der Waals surface area contributed by atoms with Gasteiger partial charge in [-0.15, -0.1) is 11.8 Å². The van der Waals surface area contributed by atoms with Crippen molar-refractivity contribution in [1.29, 1.82) is 0 Å². The van der Waals surface area contributed by atoms with E-state index in [9.17, 15) is 18.8 Å². The first-order valence-corrected chi connectivity index (χ1v) is 14.0. The molecule has 0 aliphatic heterocycles. The lowest BCUT2D eigenvalue weighted by molar-refractivity contribution is -0.115. The van der Waals surface area contributed by atoms with Gasteiger partial charge in [0.15, 0.2) is 0 Å². The van der Waals surface area contributed by atoms with Gasteiger partial charge in [-0.05, 0) is 67.6 Å². The van der Waals surface area contributed by atoms with Crippen molar-refractivity contribution in [2.45, 2.75) is 17.1 Å². The van der Waals surface area contributed by atoms with Gasteiger partial charge in [0.25, 0.3) is 11.8 Å². The Morgan fingerprint density at radius 2 is 1.59 bits per heavy atom. The Morgan fingerprint density at radius 3 is 2.32 bits per heavy atom. The minimum absolute atomic E-state index is 0.135. The van der Waals surface area contributed by atoms with Gasteiger partial charge in [-0.2, -0.15) is 0 Å². The van der Waals surface area contributed by atoms with E-state index in [2.05, 4.69) is 16.0 Å². The molecule has 3 amide bonds. The summed E-state index contributed by atoms with van der Waals surface area (Å²) in [5.41, 5.74) is 1.19. The fourth-order valence-corrected chi connectivity index (χ4v) is 5.00. The molecule has 1 atom stereocenters. The predicted molar refractivity (Wildman–Crippen MR) is 164 cm³/mol. The molecule has 0 bridgehead atoms. The number of thioether (sulfide) groups is 1. The number of carbonyl (C=O) groups is 3. The van der Waals surface area contributed by atoms with E-state index in [1.54, 1.807) is 85.8 Å². The van der Waals surface area contributed by atoms with Gasteiger partial charge in [0, 0.05) is 26.7 Å². The van der Waals surface area contributed by atoms with E-state index in [0.29, 0.717) is 31.9 Å². The fourth-order valence-electron chi connectivity index (χ4n) is 3.62. The SMILES string of the molecule is CC(Sc1cccc(NC(=O)/C(=C/c2ccccc2F)NC(=O)c2ccccc2)c1)C(=O)Nc1ccc(Cl)cc1Cl. The fraction of sp³-hybridized carbons (Fsp3) is 0.0645. The molecule has 0 aliphatic carbocycles. The summed E-state index contributed by atoms with van der Waals surface area (Å²) in [5.74, 6) is -1.99. The van der Waals surface area contributed by atoms with Gasteiger partial charge in [0.2, 0.25) is 5.91 Å². The van der Waals surface area contributed by atoms with Crippen molar-refractivity contribution in [3.63, 3.8) is 0 Å². The topological polar surface area (TPSA) is 87.3 Å². The average Bonchev–Trinajstić information content (AvgIpc) is 2.95. The molecule has 41 heavy (non-hydrogen) atoms. The van der Waals surface area contributed by atoms with Crippen LogP contribution in [0.15, 0.2) is 108 Å². The van der Waals surface area contributed by atoms with Gasteiger partial charge >= 0.3 is 0 Å². The zero-order chi connectivity index (χ0) is 29.4. The molecule has 0 spiro atoms. The summed E-state index contributed by atoms with van der Waals surface area (Å²) in [7, 11) is 0. The maximum absolute atomic E-state index is 14.4. The van der Waals surface area contributed by atoms with E-state index in [1.165, 1.54) is 36.0 Å². The number of rotatable bonds is 9. The molecular weight excluding hydrogens is 584 g/mol. The second kappa shape index (κ2) is 14.0. The number of hydrogen-bond acceptors (Lipinski definition) is 4. The molecule has 6 nitrogen and oxygen atoms in total. The summed E-state index contributed by atoms with van der Waals surface area (Å²) in [5, 5.41) is 8.39. The monoisotopic (exact) mass is 607 g/mol. The van der Waals surface area contributed by atoms with E-state index >= 15 is 0 Å². The van der Waals surface area contributed by atoms with Crippen molar-refractivity contribution in [3.05, 3.63) is 130 Å². The van der Waals surface area contributed by atoms with Crippen LogP contribution in [0.1, 0.15) is 22.8 Å². The third kappa shape index (κ3) is 8.44. The molecule has 0 radical (unpaired) electrons. The van der Waals surface area contributed by atoms with Crippen molar-refractivity contribution < 1.29 is 18.8 Å². The molecule has 0 aliphatic rings. The van der Waals surface area contributed by atoms with E-state index in [0.717, 1.165) is 0 Å². The van der Waals surface area contributed by atoms with Gasteiger partial charge in [-0.3, -0.25) is 14.4 Å². The van der Waals surface area contributed by atoms with Gasteiger partial charge in [-0.25, -0.2) is 4.39 Å². The van der Waals surface area contributed by atoms with Gasteiger partial charge < -0.3 is 16.0 Å². The lowest BCUT2D eigenvalue weighted by Crippen LogP contribution is -2.30. The number of halogens is 3. The maximum Gasteiger partial charge on any atom is 0.272 e. The molecule has 0 saturated carbocycles. The summed E-state index contributed by atoms with van der Waals surface area (Å²) < 4.78 is 14.4. The molecule has 3 N–H and O–H groups in total. The molecular formula is C31H24Cl2FN3O3S. The summed E-state index contributed by atoms with van der Waals surface area (Å²) in [4.78, 5) is 39.6. The Morgan fingerprint density at radius 1 is 0.854 bits per heavy atom. The van der Waals surface area contributed by atoms with Crippen molar-refractivity contribution in [1.82, 2.24) is 5.32 Å². The highest BCUT2D eigenvalue weighted by Gasteiger charge is 2.18. The molecule has 208 valence electrons. The molecule has 0 aromatic heterocycles. The van der Waals surface area contributed by atoms with Crippen LogP contribution in [0.4, 0.5) is 15.8 Å². The molecule has 0 fully saturated rings. The van der Waals surface area contributed by atoms with Gasteiger partial charge in [0.05, 0.1) is 16.0 Å². The van der Waals surface area contributed by atoms with Crippen LogP contribution >= 0.6 is 35.0 Å². The Kier molecular flexibility index (Phi) is 10.2. The van der Waals surface area contributed by atoms with Gasteiger partial charge in [0.1, 0.15) is 11.5 Å². The van der Waals surface area contributed by atoms with E-state index in [-0.39, 0.29) is 17.2 Å². The molecule has 4 aromatic carbocycles. The Hall–Kier alpha value is -4.11. The van der Waals surface area contributed by atoms with Crippen LogP contribution in [0.25, 0.3) is 6.08 Å². The number of carbonyl (C=O) groups excluding carboxylic acids is 3. The van der Waals surface area contributed by atoms with Crippen LogP contribution in [-0.2, 0) is 9.59 Å². The highest BCUT2D eigenvalue weighted by molar-refractivity contribution is 8.00. The first-order chi connectivity index (χ1) is 19.7. The first-order valence-electron chi connectivity index (χ1n) is 12.4. The number of nitrogens with one attached hydrogen (secondary N) is 3. The Labute approximate surface area is 250 Å². The van der Waals surface area contributed by atoms with Crippen molar-refractivity contribution in [2.75, 3.05) is 10.6 Å². The molecule has 0 heterocycles. The largest absolute Gasteiger partial charge is 0.324 e. The predicted octanol–water partition coefficient (Wildman–Crippen LogP) is 7.66. The van der Waals surface area contributed by atoms with Crippen LogP contribution in [0.3, 0.4) is 0 Å². The van der Waals surface area contributed by atoms with Crippen LogP contribution < -0.4 is 16.0 Å². The number of anilines is 2. The highest BCUT2D eigenvalue weighted by Crippen LogP contribution is 2.29. The Balaban J connectivity index is 1.48. The van der Waals surface area contributed by atoms with Crippen molar-refractivity contribution in [3.8, 4) is 0 Å². The Bertz CT molecular complexity index is 1620. The van der Waals surface area contributed by atoms with Crippen LogP contribution in [0.5, 0.6) is 0 Å². The zero-order valence-electron chi connectivity index (χ0n) is 21.7. The number of hydrogen-bond donors (Lipinski definition) is 3. The summed E-state index contributed by atoms with van der Waals surface area (Å²) in [6.45, 7) is 1.74. The van der Waals surface area contributed by atoms with Gasteiger partial charge in [-0.1, -0.05) is 65.7 Å². The second-order valence-corrected chi connectivity index (χ2v) is 11.0. The minimum Gasteiger partial charge on any atom is -0.324 e. The van der Waals surface area contributed by atoms with E-state index in [4.69, 9.17) is 23.2 Å². The number of benzene rings is 4. The highest BCUT2D eigenvalue weighted by atomic mass is 35.5. The summed E-state index contributed by atoms with van der Waals surface area (Å²) >= 11 is 13.4. The van der Waals surface area contributed by atoms with E-state index in [1.807, 2.05) is 0 Å². The zero-order valence-corrected chi connectivity index (χ0v) is 24.0. The molecule has 4 aromatic rings. The van der Waals surface area contributed by atoms with Crippen LogP contribution in [-0.4, -0.2) is 23.0 Å². The standard InChI is InChI=1S/C31H24Cl2FN3O3S/c1-19(29(38)36-27-15-14-22(32)17-25(27)33)41-24-12-7-11-23(18-24)35-31(40)28(16-21-10-5-6-13-26(21)34)37-30(39)20-8-3-2-4-9-20/h2-19H,1H3,(H,35,40)(H,36,38)(H,37,39)/b28-16-. The number of amides is 3. The van der Waals surface area contributed by atoms with Crippen LogP contribution in [0.2, 0.25) is 10.0 Å². The molecule has 1 unspecified atom stereocenters. The molecule has 0 saturated heterocycles. The first kappa shape index (κ1) is 29.9. The molecule has 4 rings (SSSR count). The van der Waals surface area contributed by atoms with E-state index < -0.39 is 22.9 Å². The molecule has 10 heteroatoms. The quantitative estimate of drug-likeness (QED) is 0.135. The smallest absolute Gasteiger partial charge is 0.272 e. The maximum atomic E-state index is 14.4.